The van der Waals surface area contributed by atoms with Crippen LogP contribution >= 0.6 is 0 Å². The quantitative estimate of drug-likeness (QED) is 0.861. The summed E-state index contributed by atoms with van der Waals surface area (Å²) in [4.78, 5) is 4.32. The van der Waals surface area contributed by atoms with E-state index in [1.807, 2.05) is 13.0 Å². The molecular weight excluding hydrogens is 247 g/mol. The third-order valence-corrected chi connectivity index (χ3v) is 2.56. The van der Waals surface area contributed by atoms with Gasteiger partial charge in [0.1, 0.15) is 23.9 Å². The van der Waals surface area contributed by atoms with Gasteiger partial charge < -0.3 is 15.2 Å². The number of nitrogen functional groups attached to an aromatic ring is 1. The molecule has 0 spiro atoms. The Morgan fingerprint density at radius 2 is 2.05 bits per heavy atom. The van der Waals surface area contributed by atoms with Crippen LogP contribution in [0.1, 0.15) is 11.4 Å². The van der Waals surface area contributed by atoms with Crippen LogP contribution in [0.25, 0.3) is 0 Å². The average Bonchev–Trinajstić information content (AvgIpc) is 2.37. The van der Waals surface area contributed by atoms with Gasteiger partial charge in [-0.2, -0.15) is 0 Å². The van der Waals surface area contributed by atoms with Gasteiger partial charge in [-0.3, -0.25) is 4.98 Å². The number of anilines is 1. The SMILES string of the molecule is COc1cc(C)nc(COc2ccc(F)cc2N)c1. The van der Waals surface area contributed by atoms with Gasteiger partial charge in [0.25, 0.3) is 0 Å². The largest absolute Gasteiger partial charge is 0.497 e. The number of aromatic nitrogens is 1. The maximum absolute atomic E-state index is 12.9. The van der Waals surface area contributed by atoms with Crippen LogP contribution in [0.4, 0.5) is 10.1 Å². The Labute approximate surface area is 111 Å². The molecule has 0 fully saturated rings. The van der Waals surface area contributed by atoms with Gasteiger partial charge in [-0.25, -0.2) is 4.39 Å². The lowest BCUT2D eigenvalue weighted by Gasteiger charge is -2.10. The van der Waals surface area contributed by atoms with Crippen molar-refractivity contribution >= 4 is 5.69 Å². The van der Waals surface area contributed by atoms with Gasteiger partial charge >= 0.3 is 0 Å². The fourth-order valence-electron chi connectivity index (χ4n) is 1.70. The number of pyridine rings is 1. The summed E-state index contributed by atoms with van der Waals surface area (Å²) >= 11 is 0. The summed E-state index contributed by atoms with van der Waals surface area (Å²) in [5.41, 5.74) is 7.49. The molecule has 100 valence electrons. The molecule has 0 bridgehead atoms. The molecule has 0 aliphatic heterocycles. The minimum absolute atomic E-state index is 0.244. The van der Waals surface area contributed by atoms with E-state index in [9.17, 15) is 4.39 Å². The molecule has 19 heavy (non-hydrogen) atoms. The third kappa shape index (κ3) is 3.34. The third-order valence-electron chi connectivity index (χ3n) is 2.56. The van der Waals surface area contributed by atoms with Gasteiger partial charge in [-0.1, -0.05) is 0 Å². The van der Waals surface area contributed by atoms with Crippen molar-refractivity contribution in [2.45, 2.75) is 13.5 Å². The van der Waals surface area contributed by atoms with Gasteiger partial charge in [0.2, 0.25) is 0 Å². The number of nitrogens with zero attached hydrogens (tertiary/aromatic N) is 1. The first kappa shape index (κ1) is 13.1. The molecule has 2 N–H and O–H groups in total. The fourth-order valence-corrected chi connectivity index (χ4v) is 1.70. The van der Waals surface area contributed by atoms with Crippen LogP contribution in [-0.4, -0.2) is 12.1 Å². The first-order valence-electron chi connectivity index (χ1n) is 5.78. The molecule has 2 aromatic rings. The molecule has 5 heteroatoms. The number of ether oxygens (including phenoxy) is 2. The summed E-state index contributed by atoms with van der Waals surface area (Å²) in [6.45, 7) is 2.12. The van der Waals surface area contributed by atoms with Crippen LogP contribution in [-0.2, 0) is 6.61 Å². The molecular formula is C14H15FN2O2. The van der Waals surface area contributed by atoms with Crippen LogP contribution in [0, 0.1) is 12.7 Å². The lowest BCUT2D eigenvalue weighted by Crippen LogP contribution is -2.02. The standard InChI is InChI=1S/C14H15FN2O2/c1-9-5-12(18-2)7-11(17-9)8-19-14-4-3-10(15)6-13(14)16/h3-7H,8,16H2,1-2H3. The Morgan fingerprint density at radius 1 is 1.26 bits per heavy atom. The highest BCUT2D eigenvalue weighted by molar-refractivity contribution is 5.52. The summed E-state index contributed by atoms with van der Waals surface area (Å²) in [5.74, 6) is 0.766. The zero-order valence-corrected chi connectivity index (χ0v) is 10.8. The smallest absolute Gasteiger partial charge is 0.142 e. The van der Waals surface area contributed by atoms with Gasteiger partial charge in [-0.05, 0) is 19.1 Å². The Kier molecular flexibility index (Phi) is 3.85. The maximum Gasteiger partial charge on any atom is 0.142 e. The molecule has 1 aromatic carbocycles. The van der Waals surface area contributed by atoms with E-state index in [4.69, 9.17) is 15.2 Å². The average molecular weight is 262 g/mol. The topological polar surface area (TPSA) is 57.4 Å². The number of hydrogen-bond donors (Lipinski definition) is 1. The van der Waals surface area contributed by atoms with Crippen LogP contribution in [0.2, 0.25) is 0 Å². The van der Waals surface area contributed by atoms with Crippen LogP contribution in [0.5, 0.6) is 11.5 Å². The first-order chi connectivity index (χ1) is 9.08. The van der Waals surface area contributed by atoms with Gasteiger partial charge in [0, 0.05) is 23.9 Å². The number of hydrogen-bond acceptors (Lipinski definition) is 4. The Balaban J connectivity index is 2.12. The van der Waals surface area contributed by atoms with Crippen molar-refractivity contribution in [3.05, 3.63) is 47.5 Å². The molecule has 0 atom stereocenters. The molecule has 0 aliphatic rings. The van der Waals surface area contributed by atoms with E-state index in [0.29, 0.717) is 5.75 Å². The normalized spacial score (nSPS) is 10.3. The summed E-state index contributed by atoms with van der Waals surface area (Å²) in [5, 5.41) is 0. The number of halogens is 1. The number of aryl methyl sites for hydroxylation is 1. The number of rotatable bonds is 4. The number of benzene rings is 1. The molecule has 0 radical (unpaired) electrons. The second-order valence-corrected chi connectivity index (χ2v) is 4.11. The Hall–Kier alpha value is -2.30. The second-order valence-electron chi connectivity index (χ2n) is 4.11. The highest BCUT2D eigenvalue weighted by Gasteiger charge is 2.05. The Bertz CT molecular complexity index is 588. The highest BCUT2D eigenvalue weighted by atomic mass is 19.1. The van der Waals surface area contributed by atoms with Crippen LogP contribution in [0.15, 0.2) is 30.3 Å². The number of nitrogens with two attached hydrogens (primary N) is 1. The van der Waals surface area contributed by atoms with Crippen molar-refractivity contribution in [2.75, 3.05) is 12.8 Å². The van der Waals surface area contributed by atoms with Gasteiger partial charge in [0.15, 0.2) is 0 Å². The van der Waals surface area contributed by atoms with Crippen molar-refractivity contribution in [3.8, 4) is 11.5 Å². The van der Waals surface area contributed by atoms with E-state index in [1.54, 1.807) is 13.2 Å². The van der Waals surface area contributed by atoms with Crippen molar-refractivity contribution in [1.29, 1.82) is 0 Å². The van der Waals surface area contributed by atoms with Crippen molar-refractivity contribution < 1.29 is 13.9 Å². The number of methoxy groups -OCH3 is 1. The molecule has 1 heterocycles. The van der Waals surface area contributed by atoms with Gasteiger partial charge in [0.05, 0.1) is 18.5 Å². The first-order valence-corrected chi connectivity index (χ1v) is 5.78. The van der Waals surface area contributed by atoms with E-state index in [2.05, 4.69) is 4.98 Å². The molecule has 0 amide bonds. The lowest BCUT2D eigenvalue weighted by atomic mass is 10.3. The summed E-state index contributed by atoms with van der Waals surface area (Å²) in [6.07, 6.45) is 0. The minimum atomic E-state index is -0.389. The van der Waals surface area contributed by atoms with Crippen molar-refractivity contribution in [3.63, 3.8) is 0 Å². The predicted molar refractivity (Wildman–Crippen MR) is 70.7 cm³/mol. The van der Waals surface area contributed by atoms with E-state index < -0.39 is 0 Å². The molecule has 0 unspecified atom stereocenters. The van der Waals surface area contributed by atoms with E-state index in [1.165, 1.54) is 18.2 Å². The van der Waals surface area contributed by atoms with Crippen molar-refractivity contribution in [1.82, 2.24) is 4.98 Å². The molecule has 0 saturated carbocycles. The predicted octanol–water partition coefficient (Wildman–Crippen LogP) is 2.70. The highest BCUT2D eigenvalue weighted by Crippen LogP contribution is 2.23. The second kappa shape index (κ2) is 5.56. The van der Waals surface area contributed by atoms with Crippen LogP contribution < -0.4 is 15.2 Å². The zero-order valence-electron chi connectivity index (χ0n) is 10.8. The zero-order chi connectivity index (χ0) is 13.8. The van der Waals surface area contributed by atoms with Crippen molar-refractivity contribution in [2.24, 2.45) is 0 Å². The Morgan fingerprint density at radius 3 is 2.74 bits per heavy atom. The van der Waals surface area contributed by atoms with Gasteiger partial charge in [-0.15, -0.1) is 0 Å². The summed E-state index contributed by atoms with van der Waals surface area (Å²) in [6, 6.07) is 7.63. The minimum Gasteiger partial charge on any atom is -0.497 e. The molecule has 2 rings (SSSR count). The summed E-state index contributed by atoms with van der Waals surface area (Å²) in [7, 11) is 1.59. The van der Waals surface area contributed by atoms with Crippen LogP contribution in [0.3, 0.4) is 0 Å². The molecule has 0 aliphatic carbocycles. The lowest BCUT2D eigenvalue weighted by molar-refractivity contribution is 0.301. The molecule has 0 saturated heterocycles. The maximum atomic E-state index is 12.9. The monoisotopic (exact) mass is 262 g/mol. The molecule has 4 nitrogen and oxygen atoms in total. The summed E-state index contributed by atoms with van der Waals surface area (Å²) < 4.78 is 23.6. The van der Waals surface area contributed by atoms with E-state index >= 15 is 0 Å². The van der Waals surface area contributed by atoms with E-state index in [0.717, 1.165) is 17.1 Å². The fraction of sp³-hybridized carbons (Fsp3) is 0.214. The van der Waals surface area contributed by atoms with E-state index in [-0.39, 0.29) is 18.1 Å². The molecule has 1 aromatic heterocycles.